The molecule has 0 spiro atoms. The fourth-order valence-electron chi connectivity index (χ4n) is 4.59. The fraction of sp³-hybridized carbons (Fsp3) is 0.684. The molecule has 0 radical (unpaired) electrons. The number of hydrogen-bond donors (Lipinski definition) is 0. The molecule has 0 bridgehead atoms. The van der Waals surface area contributed by atoms with E-state index in [-0.39, 0.29) is 0 Å². The smallest absolute Gasteiger partial charge is 0.175 e. The Morgan fingerprint density at radius 3 is 1.88 bits per heavy atom. The third kappa shape index (κ3) is 3.84. The lowest BCUT2D eigenvalue weighted by atomic mass is 10.0. The Bertz CT molecular complexity index is 655. The van der Waals surface area contributed by atoms with E-state index in [0.717, 1.165) is 24.4 Å². The molecule has 2 fully saturated rings. The fourth-order valence-corrected chi connectivity index (χ4v) is 5.22. The van der Waals surface area contributed by atoms with Gasteiger partial charge in [0.2, 0.25) is 0 Å². The van der Waals surface area contributed by atoms with Gasteiger partial charge < -0.3 is 4.90 Å². The molecule has 1 aromatic rings. The van der Waals surface area contributed by atoms with Crippen molar-refractivity contribution in [2.75, 3.05) is 27.4 Å². The van der Waals surface area contributed by atoms with Crippen molar-refractivity contribution in [3.63, 3.8) is 0 Å². The van der Waals surface area contributed by atoms with Crippen LogP contribution >= 0.6 is 0 Å². The molecular formula is C19H30N2O2S. The predicted molar refractivity (Wildman–Crippen MR) is 97.7 cm³/mol. The van der Waals surface area contributed by atoms with E-state index in [2.05, 4.69) is 30.9 Å². The third-order valence-electron chi connectivity index (χ3n) is 6.10. The number of nitrogens with zero attached hydrogens (tertiary/aromatic N) is 2. The van der Waals surface area contributed by atoms with Crippen LogP contribution in [0.4, 0.5) is 0 Å². The van der Waals surface area contributed by atoms with Crippen molar-refractivity contribution in [2.24, 2.45) is 11.8 Å². The van der Waals surface area contributed by atoms with Crippen LogP contribution in [0.25, 0.3) is 0 Å². The first-order valence-corrected chi connectivity index (χ1v) is 10.8. The summed E-state index contributed by atoms with van der Waals surface area (Å²) in [6.45, 7) is 0.894. The van der Waals surface area contributed by atoms with Crippen LogP contribution in [0.15, 0.2) is 29.2 Å². The summed E-state index contributed by atoms with van der Waals surface area (Å²) >= 11 is 0. The second-order valence-corrected chi connectivity index (χ2v) is 10.1. The SMILES string of the molecule is CN(C)C1C[C@@H]2CC(N(C)Cc3ccc(S(C)(=O)=O)cc3)C[C@@H]2C1. The maximum Gasteiger partial charge on any atom is 0.175 e. The Labute approximate surface area is 146 Å². The van der Waals surface area contributed by atoms with Crippen molar-refractivity contribution >= 4 is 9.84 Å². The van der Waals surface area contributed by atoms with E-state index in [1.807, 2.05) is 12.1 Å². The molecule has 0 N–H and O–H groups in total. The van der Waals surface area contributed by atoms with E-state index in [1.54, 1.807) is 12.1 Å². The lowest BCUT2D eigenvalue weighted by molar-refractivity contribution is 0.212. The molecule has 0 heterocycles. The van der Waals surface area contributed by atoms with E-state index in [4.69, 9.17) is 0 Å². The summed E-state index contributed by atoms with van der Waals surface area (Å²) in [6.07, 6.45) is 6.59. The van der Waals surface area contributed by atoms with Gasteiger partial charge in [0.25, 0.3) is 0 Å². The van der Waals surface area contributed by atoms with E-state index < -0.39 is 9.84 Å². The molecule has 2 aliphatic carbocycles. The Morgan fingerprint density at radius 2 is 1.42 bits per heavy atom. The van der Waals surface area contributed by atoms with Crippen LogP contribution in [0, 0.1) is 11.8 Å². The second-order valence-electron chi connectivity index (χ2n) is 8.07. The molecule has 0 amide bonds. The zero-order valence-corrected chi connectivity index (χ0v) is 16.1. The molecule has 1 aromatic carbocycles. The Hall–Kier alpha value is -0.910. The average molecular weight is 351 g/mol. The molecule has 5 heteroatoms. The molecular weight excluding hydrogens is 320 g/mol. The van der Waals surface area contributed by atoms with Crippen molar-refractivity contribution in [1.82, 2.24) is 9.80 Å². The molecule has 0 saturated heterocycles. The van der Waals surface area contributed by atoms with Gasteiger partial charge in [-0.05, 0) is 76.4 Å². The third-order valence-corrected chi connectivity index (χ3v) is 7.23. The van der Waals surface area contributed by atoms with Gasteiger partial charge in [-0.15, -0.1) is 0 Å². The standard InChI is InChI=1S/C19H30N2O2S/c1-20(2)17-9-15-11-18(12-16(15)10-17)21(3)13-14-5-7-19(8-6-14)24(4,22)23/h5-8,15-18H,9-13H2,1-4H3/t15-,16+,17?,18?. The van der Waals surface area contributed by atoms with Gasteiger partial charge in [0.05, 0.1) is 4.90 Å². The van der Waals surface area contributed by atoms with Crippen LogP contribution in [0.5, 0.6) is 0 Å². The number of sulfone groups is 1. The quantitative estimate of drug-likeness (QED) is 0.819. The summed E-state index contributed by atoms with van der Waals surface area (Å²) in [5, 5.41) is 0. The van der Waals surface area contributed by atoms with Crippen molar-refractivity contribution in [3.8, 4) is 0 Å². The molecule has 2 unspecified atom stereocenters. The molecule has 2 aliphatic rings. The summed E-state index contributed by atoms with van der Waals surface area (Å²) in [5.41, 5.74) is 1.19. The first-order valence-electron chi connectivity index (χ1n) is 8.89. The minimum Gasteiger partial charge on any atom is -0.306 e. The normalized spacial score (nSPS) is 30.2. The summed E-state index contributed by atoms with van der Waals surface area (Å²) in [6, 6.07) is 8.79. The van der Waals surface area contributed by atoms with Gasteiger partial charge in [0.1, 0.15) is 0 Å². The van der Waals surface area contributed by atoms with Crippen LogP contribution in [0.2, 0.25) is 0 Å². The van der Waals surface area contributed by atoms with Crippen molar-refractivity contribution in [2.45, 2.75) is 49.2 Å². The lowest BCUT2D eigenvalue weighted by Crippen LogP contribution is -2.31. The minimum absolute atomic E-state index is 0.402. The van der Waals surface area contributed by atoms with Crippen LogP contribution < -0.4 is 0 Å². The van der Waals surface area contributed by atoms with Crippen molar-refractivity contribution < 1.29 is 8.42 Å². The zero-order valence-electron chi connectivity index (χ0n) is 15.3. The molecule has 2 saturated carbocycles. The second kappa shape index (κ2) is 6.77. The maximum atomic E-state index is 11.5. The van der Waals surface area contributed by atoms with Crippen LogP contribution in [-0.4, -0.2) is 57.7 Å². The highest BCUT2D eigenvalue weighted by Crippen LogP contribution is 2.46. The van der Waals surface area contributed by atoms with Gasteiger partial charge in [-0.1, -0.05) is 12.1 Å². The van der Waals surface area contributed by atoms with E-state index in [9.17, 15) is 8.42 Å². The van der Waals surface area contributed by atoms with E-state index in [0.29, 0.717) is 10.9 Å². The minimum atomic E-state index is -3.10. The largest absolute Gasteiger partial charge is 0.306 e. The number of benzene rings is 1. The summed E-state index contributed by atoms with van der Waals surface area (Å²) in [7, 11) is 3.51. The molecule has 0 aromatic heterocycles. The van der Waals surface area contributed by atoms with Gasteiger partial charge >= 0.3 is 0 Å². The Morgan fingerprint density at radius 1 is 0.917 bits per heavy atom. The highest BCUT2D eigenvalue weighted by atomic mass is 32.2. The van der Waals surface area contributed by atoms with Gasteiger partial charge in [0, 0.05) is 24.9 Å². The molecule has 134 valence electrons. The van der Waals surface area contributed by atoms with Gasteiger partial charge in [-0.2, -0.15) is 0 Å². The molecule has 3 rings (SSSR count). The maximum absolute atomic E-state index is 11.5. The lowest BCUT2D eigenvalue weighted by Gasteiger charge is -2.27. The Balaban J connectivity index is 1.56. The highest BCUT2D eigenvalue weighted by molar-refractivity contribution is 7.90. The molecule has 4 atom stereocenters. The summed E-state index contributed by atoms with van der Waals surface area (Å²) in [4.78, 5) is 5.25. The van der Waals surface area contributed by atoms with Crippen LogP contribution in [0.3, 0.4) is 0 Å². The number of hydrogen-bond acceptors (Lipinski definition) is 4. The summed E-state index contributed by atoms with van der Waals surface area (Å²) < 4.78 is 23.1. The molecule has 0 aliphatic heterocycles. The van der Waals surface area contributed by atoms with Crippen LogP contribution in [0.1, 0.15) is 31.2 Å². The van der Waals surface area contributed by atoms with Crippen LogP contribution in [-0.2, 0) is 16.4 Å². The highest BCUT2D eigenvalue weighted by Gasteiger charge is 2.43. The average Bonchev–Trinajstić information content (AvgIpc) is 3.05. The van der Waals surface area contributed by atoms with Crippen molar-refractivity contribution in [3.05, 3.63) is 29.8 Å². The van der Waals surface area contributed by atoms with Gasteiger partial charge in [-0.3, -0.25) is 4.90 Å². The summed E-state index contributed by atoms with van der Waals surface area (Å²) in [5.74, 6) is 1.77. The first kappa shape index (κ1) is 17.9. The first-order chi connectivity index (χ1) is 11.2. The number of rotatable bonds is 5. The van der Waals surface area contributed by atoms with Crippen molar-refractivity contribution in [1.29, 1.82) is 0 Å². The Kier molecular flexibility index (Phi) is 5.05. The van der Waals surface area contributed by atoms with Gasteiger partial charge in [0.15, 0.2) is 9.84 Å². The number of fused-ring (bicyclic) bond motifs is 1. The zero-order chi connectivity index (χ0) is 17.5. The van der Waals surface area contributed by atoms with Gasteiger partial charge in [-0.25, -0.2) is 8.42 Å². The van der Waals surface area contributed by atoms with E-state index in [1.165, 1.54) is 37.5 Å². The monoisotopic (exact) mass is 350 g/mol. The predicted octanol–water partition coefficient (Wildman–Crippen LogP) is 2.64. The topological polar surface area (TPSA) is 40.6 Å². The van der Waals surface area contributed by atoms with E-state index >= 15 is 0 Å². The molecule has 24 heavy (non-hydrogen) atoms. The molecule has 4 nitrogen and oxygen atoms in total.